The molecular formula is C11H13NO4S. The minimum atomic E-state index is -3.60. The molecule has 0 fully saturated rings. The first-order valence-corrected chi connectivity index (χ1v) is 6.44. The van der Waals surface area contributed by atoms with Crippen LogP contribution in [0.2, 0.25) is 0 Å². The minimum Gasteiger partial charge on any atom is -0.493 e. The van der Waals surface area contributed by atoms with E-state index in [-0.39, 0.29) is 4.90 Å². The fourth-order valence-electron chi connectivity index (χ4n) is 1.46. The quantitative estimate of drug-likeness (QED) is 0.810. The first-order chi connectivity index (χ1) is 7.96. The molecule has 0 radical (unpaired) electrons. The monoisotopic (exact) mass is 255 g/mol. The number of rotatable bonds is 4. The summed E-state index contributed by atoms with van der Waals surface area (Å²) < 4.78 is 33.7. The largest absolute Gasteiger partial charge is 0.493 e. The Morgan fingerprint density at radius 1 is 1.24 bits per heavy atom. The van der Waals surface area contributed by atoms with Crippen molar-refractivity contribution in [1.29, 1.82) is 5.26 Å². The van der Waals surface area contributed by atoms with Crippen LogP contribution in [0.25, 0.3) is 0 Å². The molecule has 0 heterocycles. The summed E-state index contributed by atoms with van der Waals surface area (Å²) in [6, 6.07) is 4.59. The van der Waals surface area contributed by atoms with Gasteiger partial charge < -0.3 is 9.47 Å². The van der Waals surface area contributed by atoms with Crippen LogP contribution in [0.15, 0.2) is 17.0 Å². The average molecular weight is 255 g/mol. The van der Waals surface area contributed by atoms with Crippen LogP contribution in [0.3, 0.4) is 0 Å². The van der Waals surface area contributed by atoms with E-state index in [0.717, 1.165) is 0 Å². The smallest absolute Gasteiger partial charge is 0.192 e. The summed E-state index contributed by atoms with van der Waals surface area (Å²) >= 11 is 0. The highest BCUT2D eigenvalue weighted by Crippen LogP contribution is 2.32. The van der Waals surface area contributed by atoms with Gasteiger partial charge in [-0.1, -0.05) is 0 Å². The van der Waals surface area contributed by atoms with E-state index in [1.54, 1.807) is 19.1 Å². The summed E-state index contributed by atoms with van der Waals surface area (Å²) in [5.41, 5.74) is 0.526. The molecule has 5 nitrogen and oxygen atoms in total. The molecule has 0 saturated heterocycles. The van der Waals surface area contributed by atoms with E-state index in [0.29, 0.717) is 17.1 Å². The molecule has 0 atom stereocenters. The summed E-state index contributed by atoms with van der Waals surface area (Å²) in [4.78, 5) is 0.0942. The molecule has 0 aliphatic carbocycles. The molecule has 0 saturated carbocycles. The number of hydrogen-bond donors (Lipinski definition) is 0. The van der Waals surface area contributed by atoms with E-state index in [1.807, 2.05) is 0 Å². The Morgan fingerprint density at radius 3 is 2.24 bits per heavy atom. The van der Waals surface area contributed by atoms with Crippen molar-refractivity contribution in [3.05, 3.63) is 17.7 Å². The summed E-state index contributed by atoms with van der Waals surface area (Å²) in [5.74, 6) is 0.235. The van der Waals surface area contributed by atoms with Gasteiger partial charge >= 0.3 is 0 Å². The van der Waals surface area contributed by atoms with Crippen molar-refractivity contribution in [1.82, 2.24) is 0 Å². The first-order valence-electron chi connectivity index (χ1n) is 4.78. The Hall–Kier alpha value is -1.74. The van der Waals surface area contributed by atoms with Crippen LogP contribution in [0, 0.1) is 18.3 Å². The topological polar surface area (TPSA) is 76.4 Å². The maximum absolute atomic E-state index is 11.8. The summed E-state index contributed by atoms with van der Waals surface area (Å²) in [6.45, 7) is 1.65. The predicted octanol–water partition coefficient (Wildman–Crippen LogP) is 1.31. The van der Waals surface area contributed by atoms with Gasteiger partial charge in [0.2, 0.25) is 0 Å². The van der Waals surface area contributed by atoms with E-state index in [9.17, 15) is 8.42 Å². The molecule has 1 aromatic rings. The van der Waals surface area contributed by atoms with Gasteiger partial charge in [-0.25, -0.2) is 8.42 Å². The van der Waals surface area contributed by atoms with Crippen LogP contribution in [0.4, 0.5) is 0 Å². The zero-order valence-corrected chi connectivity index (χ0v) is 10.7. The summed E-state index contributed by atoms with van der Waals surface area (Å²) in [6.07, 6.45) is 0. The lowest BCUT2D eigenvalue weighted by Gasteiger charge is -2.11. The fourth-order valence-corrected chi connectivity index (χ4v) is 2.62. The van der Waals surface area contributed by atoms with Crippen molar-refractivity contribution in [2.45, 2.75) is 11.8 Å². The molecule has 17 heavy (non-hydrogen) atoms. The normalized spacial score (nSPS) is 10.7. The fraction of sp³-hybridized carbons (Fsp3) is 0.364. The Morgan fingerprint density at radius 2 is 1.76 bits per heavy atom. The van der Waals surface area contributed by atoms with E-state index >= 15 is 0 Å². The van der Waals surface area contributed by atoms with Crippen molar-refractivity contribution < 1.29 is 17.9 Å². The average Bonchev–Trinajstić information content (AvgIpc) is 2.28. The number of methoxy groups -OCH3 is 2. The van der Waals surface area contributed by atoms with Crippen LogP contribution < -0.4 is 9.47 Å². The van der Waals surface area contributed by atoms with Gasteiger partial charge in [-0.05, 0) is 18.6 Å². The number of ether oxygens (including phenoxy) is 2. The standard InChI is InChI=1S/C11H13NO4S/c1-8-6-9(15-2)10(16-3)7-11(8)17(13,14)5-4-12/h6-7H,5H2,1-3H3. The van der Waals surface area contributed by atoms with Gasteiger partial charge in [0.1, 0.15) is 5.75 Å². The van der Waals surface area contributed by atoms with Crippen LogP contribution in [-0.2, 0) is 9.84 Å². The third-order valence-corrected chi connectivity index (χ3v) is 3.89. The van der Waals surface area contributed by atoms with Gasteiger partial charge in [-0.2, -0.15) is 5.26 Å². The molecule has 0 N–H and O–H groups in total. The van der Waals surface area contributed by atoms with E-state index in [2.05, 4.69) is 0 Å². The highest BCUT2D eigenvalue weighted by molar-refractivity contribution is 7.91. The molecule has 1 aromatic carbocycles. The van der Waals surface area contributed by atoms with E-state index in [1.165, 1.54) is 20.3 Å². The maximum Gasteiger partial charge on any atom is 0.192 e. The molecule has 0 unspecified atom stereocenters. The van der Waals surface area contributed by atoms with Crippen molar-refractivity contribution >= 4 is 9.84 Å². The maximum atomic E-state index is 11.8. The summed E-state index contributed by atoms with van der Waals surface area (Å²) in [7, 11) is -0.698. The Bertz CT molecular complexity index is 558. The number of benzene rings is 1. The number of sulfone groups is 1. The second kappa shape index (κ2) is 5.06. The predicted molar refractivity (Wildman–Crippen MR) is 61.9 cm³/mol. The Kier molecular flexibility index (Phi) is 3.97. The van der Waals surface area contributed by atoms with Crippen molar-refractivity contribution in [3.8, 4) is 17.6 Å². The molecule has 0 bridgehead atoms. The molecule has 92 valence electrons. The van der Waals surface area contributed by atoms with E-state index < -0.39 is 15.6 Å². The second-order valence-corrected chi connectivity index (χ2v) is 5.35. The molecule has 6 heteroatoms. The van der Waals surface area contributed by atoms with Crippen LogP contribution >= 0.6 is 0 Å². The highest BCUT2D eigenvalue weighted by Gasteiger charge is 2.19. The Labute approximate surface area is 101 Å². The van der Waals surface area contributed by atoms with Gasteiger partial charge in [0.05, 0.1) is 25.2 Å². The van der Waals surface area contributed by atoms with Crippen molar-refractivity contribution in [2.24, 2.45) is 0 Å². The third kappa shape index (κ3) is 2.68. The zero-order chi connectivity index (χ0) is 13.1. The number of hydrogen-bond acceptors (Lipinski definition) is 5. The minimum absolute atomic E-state index is 0.0942. The zero-order valence-electron chi connectivity index (χ0n) is 9.85. The third-order valence-electron chi connectivity index (χ3n) is 2.27. The molecule has 0 aliphatic rings. The molecule has 1 rings (SSSR count). The number of nitriles is 1. The highest BCUT2D eigenvalue weighted by atomic mass is 32.2. The van der Waals surface area contributed by atoms with E-state index in [4.69, 9.17) is 14.7 Å². The van der Waals surface area contributed by atoms with Gasteiger partial charge in [0.15, 0.2) is 21.3 Å². The van der Waals surface area contributed by atoms with Gasteiger partial charge in [-0.15, -0.1) is 0 Å². The molecular weight excluding hydrogens is 242 g/mol. The molecule has 0 spiro atoms. The molecule has 0 aromatic heterocycles. The van der Waals surface area contributed by atoms with Crippen molar-refractivity contribution in [3.63, 3.8) is 0 Å². The first kappa shape index (κ1) is 13.3. The number of nitrogens with zero attached hydrogens (tertiary/aromatic N) is 1. The number of aryl methyl sites for hydroxylation is 1. The van der Waals surface area contributed by atoms with Gasteiger partial charge in [0.25, 0.3) is 0 Å². The lowest BCUT2D eigenvalue weighted by atomic mass is 10.2. The Balaban J connectivity index is 3.42. The lowest BCUT2D eigenvalue weighted by Crippen LogP contribution is -2.07. The second-order valence-electron chi connectivity index (χ2n) is 3.39. The van der Waals surface area contributed by atoms with Gasteiger partial charge in [-0.3, -0.25) is 0 Å². The van der Waals surface area contributed by atoms with Gasteiger partial charge in [0, 0.05) is 6.07 Å². The molecule has 0 aliphatic heterocycles. The lowest BCUT2D eigenvalue weighted by molar-refractivity contribution is 0.353. The SMILES string of the molecule is COc1cc(C)c(S(=O)(=O)CC#N)cc1OC. The summed E-state index contributed by atoms with van der Waals surface area (Å²) in [5, 5.41) is 8.50. The van der Waals surface area contributed by atoms with Crippen molar-refractivity contribution in [2.75, 3.05) is 20.0 Å². The van der Waals surface area contributed by atoms with Crippen LogP contribution in [0.5, 0.6) is 11.5 Å². The molecule has 0 amide bonds. The van der Waals surface area contributed by atoms with Crippen LogP contribution in [-0.4, -0.2) is 28.4 Å². The van der Waals surface area contributed by atoms with Crippen LogP contribution in [0.1, 0.15) is 5.56 Å².